The van der Waals surface area contributed by atoms with Crippen LogP contribution in [0.15, 0.2) is 30.5 Å². The summed E-state index contributed by atoms with van der Waals surface area (Å²) in [5.74, 6) is -0.0136. The van der Waals surface area contributed by atoms with Crippen molar-refractivity contribution in [2.75, 3.05) is 11.1 Å². The van der Waals surface area contributed by atoms with E-state index < -0.39 is 0 Å². The lowest BCUT2D eigenvalue weighted by Crippen LogP contribution is -2.29. The van der Waals surface area contributed by atoms with Gasteiger partial charge in [-0.2, -0.15) is 5.10 Å². The summed E-state index contributed by atoms with van der Waals surface area (Å²) < 4.78 is 0. The standard InChI is InChI=1S/C20H22N6O/c1-4-11-6-5-7-13(8-11)23-18(27)17-14-16(25-26-17)15-12(9-20(14,2)3)10-22-19(21)24-15/h5-8,10H,4,9H2,1-3H3,(H,23,27)(H,25,26)(H2,21,22,24). The number of fused-ring (bicyclic) bond motifs is 3. The first-order valence-electron chi connectivity index (χ1n) is 9.00. The van der Waals surface area contributed by atoms with Gasteiger partial charge in [-0.05, 0) is 41.5 Å². The fourth-order valence-electron chi connectivity index (χ4n) is 3.72. The van der Waals surface area contributed by atoms with Crippen molar-refractivity contribution in [2.24, 2.45) is 0 Å². The van der Waals surface area contributed by atoms with Crippen LogP contribution in [0.4, 0.5) is 11.6 Å². The van der Waals surface area contributed by atoms with Crippen LogP contribution in [-0.4, -0.2) is 26.1 Å². The van der Waals surface area contributed by atoms with E-state index in [9.17, 15) is 4.79 Å². The Bertz CT molecular complexity index is 1040. The van der Waals surface area contributed by atoms with E-state index in [1.54, 1.807) is 6.20 Å². The van der Waals surface area contributed by atoms with Crippen molar-refractivity contribution >= 4 is 17.5 Å². The molecule has 138 valence electrons. The summed E-state index contributed by atoms with van der Waals surface area (Å²) in [4.78, 5) is 21.4. The smallest absolute Gasteiger partial charge is 0.273 e. The number of nitrogens with two attached hydrogens (primary N) is 1. The summed E-state index contributed by atoms with van der Waals surface area (Å²) >= 11 is 0. The number of carbonyl (C=O) groups excluding carboxylic acids is 1. The summed E-state index contributed by atoms with van der Waals surface area (Å²) in [5.41, 5.74) is 11.1. The number of nitrogens with zero attached hydrogens (tertiary/aromatic N) is 3. The number of amides is 1. The van der Waals surface area contributed by atoms with Gasteiger partial charge in [0, 0.05) is 17.4 Å². The molecular weight excluding hydrogens is 340 g/mol. The van der Waals surface area contributed by atoms with Crippen LogP contribution in [0.3, 0.4) is 0 Å². The lowest BCUT2D eigenvalue weighted by Gasteiger charge is -2.30. The first-order chi connectivity index (χ1) is 12.9. The van der Waals surface area contributed by atoms with Gasteiger partial charge in [-0.15, -0.1) is 0 Å². The molecule has 27 heavy (non-hydrogen) atoms. The topological polar surface area (TPSA) is 110 Å². The van der Waals surface area contributed by atoms with E-state index in [4.69, 9.17) is 5.73 Å². The number of anilines is 2. The van der Waals surface area contributed by atoms with Crippen LogP contribution in [-0.2, 0) is 18.3 Å². The van der Waals surface area contributed by atoms with Crippen molar-refractivity contribution in [1.29, 1.82) is 0 Å². The zero-order valence-electron chi connectivity index (χ0n) is 15.6. The van der Waals surface area contributed by atoms with E-state index >= 15 is 0 Å². The molecule has 2 aromatic heterocycles. The van der Waals surface area contributed by atoms with Gasteiger partial charge in [0.2, 0.25) is 5.95 Å². The molecule has 0 bridgehead atoms. The van der Waals surface area contributed by atoms with Crippen LogP contribution in [0.25, 0.3) is 11.4 Å². The molecule has 4 rings (SSSR count). The number of aryl methyl sites for hydroxylation is 1. The zero-order valence-corrected chi connectivity index (χ0v) is 15.6. The largest absolute Gasteiger partial charge is 0.368 e. The highest BCUT2D eigenvalue weighted by Gasteiger charge is 2.38. The quantitative estimate of drug-likeness (QED) is 0.663. The van der Waals surface area contributed by atoms with Gasteiger partial charge in [0.1, 0.15) is 11.4 Å². The summed E-state index contributed by atoms with van der Waals surface area (Å²) in [6.07, 6.45) is 3.36. The van der Waals surface area contributed by atoms with E-state index in [1.165, 1.54) is 5.56 Å². The molecule has 0 saturated carbocycles. The average Bonchev–Trinajstić information content (AvgIpc) is 3.09. The van der Waals surface area contributed by atoms with Gasteiger partial charge in [-0.1, -0.05) is 32.9 Å². The third kappa shape index (κ3) is 2.95. The number of nitrogens with one attached hydrogen (secondary N) is 2. The zero-order chi connectivity index (χ0) is 19.2. The van der Waals surface area contributed by atoms with Crippen molar-refractivity contribution in [1.82, 2.24) is 20.2 Å². The van der Waals surface area contributed by atoms with Crippen LogP contribution >= 0.6 is 0 Å². The van der Waals surface area contributed by atoms with Gasteiger partial charge in [0.25, 0.3) is 5.91 Å². The Balaban J connectivity index is 1.75. The molecule has 1 aliphatic rings. The SMILES string of the molecule is CCc1cccc(NC(=O)c2[nH]nc3c2C(C)(C)Cc2cnc(N)nc2-3)c1. The van der Waals surface area contributed by atoms with E-state index in [0.29, 0.717) is 23.5 Å². The van der Waals surface area contributed by atoms with Crippen molar-refractivity contribution in [3.05, 3.63) is 52.8 Å². The third-order valence-electron chi connectivity index (χ3n) is 5.00. The van der Waals surface area contributed by atoms with Gasteiger partial charge >= 0.3 is 0 Å². The fourth-order valence-corrected chi connectivity index (χ4v) is 3.72. The number of carbonyl (C=O) groups is 1. The van der Waals surface area contributed by atoms with Crippen LogP contribution < -0.4 is 11.1 Å². The Hall–Kier alpha value is -3.22. The molecule has 7 heteroatoms. The molecule has 0 atom stereocenters. The monoisotopic (exact) mass is 362 g/mol. The second-order valence-electron chi connectivity index (χ2n) is 7.49. The molecule has 0 saturated heterocycles. The minimum atomic E-state index is -0.285. The molecule has 1 aliphatic carbocycles. The van der Waals surface area contributed by atoms with Crippen molar-refractivity contribution in [2.45, 2.75) is 39.0 Å². The number of hydrogen-bond donors (Lipinski definition) is 3. The first kappa shape index (κ1) is 17.2. The van der Waals surface area contributed by atoms with E-state index in [-0.39, 0.29) is 17.3 Å². The van der Waals surface area contributed by atoms with Gasteiger partial charge in [0.05, 0.1) is 5.69 Å². The Morgan fingerprint density at radius 1 is 1.33 bits per heavy atom. The highest BCUT2D eigenvalue weighted by Crippen LogP contribution is 2.42. The molecule has 0 aliphatic heterocycles. The Labute approximate surface area is 157 Å². The molecule has 3 aromatic rings. The first-order valence-corrected chi connectivity index (χ1v) is 9.00. The third-order valence-corrected chi connectivity index (χ3v) is 5.00. The second kappa shape index (κ2) is 6.19. The maximum atomic E-state index is 13.0. The van der Waals surface area contributed by atoms with E-state index in [2.05, 4.69) is 46.3 Å². The van der Waals surface area contributed by atoms with Crippen molar-refractivity contribution in [3.63, 3.8) is 0 Å². The number of H-pyrrole nitrogens is 1. The Kier molecular flexibility index (Phi) is 3.95. The lowest BCUT2D eigenvalue weighted by molar-refractivity contribution is 0.102. The van der Waals surface area contributed by atoms with Gasteiger partial charge in [-0.3, -0.25) is 9.89 Å². The predicted octanol–water partition coefficient (Wildman–Crippen LogP) is 3.10. The Morgan fingerprint density at radius 3 is 2.93 bits per heavy atom. The van der Waals surface area contributed by atoms with Gasteiger partial charge in [-0.25, -0.2) is 9.97 Å². The van der Waals surface area contributed by atoms with Crippen LogP contribution in [0.1, 0.15) is 48.0 Å². The van der Waals surface area contributed by atoms with Gasteiger partial charge in [0.15, 0.2) is 0 Å². The number of aromatic nitrogens is 4. The maximum Gasteiger partial charge on any atom is 0.273 e. The number of nitrogen functional groups attached to an aromatic ring is 1. The highest BCUT2D eigenvalue weighted by atomic mass is 16.1. The second-order valence-corrected chi connectivity index (χ2v) is 7.49. The van der Waals surface area contributed by atoms with Gasteiger partial charge < -0.3 is 11.1 Å². The molecule has 0 unspecified atom stereocenters. The lowest BCUT2D eigenvalue weighted by atomic mass is 9.73. The summed E-state index contributed by atoms with van der Waals surface area (Å²) in [5, 5.41) is 10.3. The van der Waals surface area contributed by atoms with Crippen LogP contribution in [0.5, 0.6) is 0 Å². The van der Waals surface area contributed by atoms with Crippen molar-refractivity contribution in [3.8, 4) is 11.4 Å². The number of aromatic amines is 1. The number of rotatable bonds is 3. The van der Waals surface area contributed by atoms with Crippen LogP contribution in [0.2, 0.25) is 0 Å². The molecule has 0 radical (unpaired) electrons. The molecular formula is C20H22N6O. The summed E-state index contributed by atoms with van der Waals surface area (Å²) in [7, 11) is 0. The molecule has 1 amide bonds. The van der Waals surface area contributed by atoms with E-state index in [1.807, 2.05) is 24.3 Å². The molecule has 0 fully saturated rings. The minimum Gasteiger partial charge on any atom is -0.368 e. The molecule has 1 aromatic carbocycles. The van der Waals surface area contributed by atoms with Crippen molar-refractivity contribution < 1.29 is 4.79 Å². The molecule has 2 heterocycles. The fraction of sp³-hybridized carbons (Fsp3) is 0.300. The van der Waals surface area contributed by atoms with E-state index in [0.717, 1.165) is 23.2 Å². The maximum absolute atomic E-state index is 13.0. The Morgan fingerprint density at radius 2 is 2.15 bits per heavy atom. The summed E-state index contributed by atoms with van der Waals surface area (Å²) in [6.45, 7) is 6.27. The number of benzene rings is 1. The molecule has 0 spiro atoms. The summed E-state index contributed by atoms with van der Waals surface area (Å²) in [6, 6.07) is 7.85. The minimum absolute atomic E-state index is 0.199. The average molecular weight is 362 g/mol. The predicted molar refractivity (Wildman–Crippen MR) is 105 cm³/mol. The molecule has 7 nitrogen and oxygen atoms in total. The normalized spacial score (nSPS) is 14.3. The number of hydrogen-bond acceptors (Lipinski definition) is 5. The highest BCUT2D eigenvalue weighted by molar-refractivity contribution is 6.05. The molecule has 4 N–H and O–H groups in total. The van der Waals surface area contributed by atoms with Crippen LogP contribution in [0, 0.1) is 0 Å².